The molecule has 7 aromatic carbocycles. The van der Waals surface area contributed by atoms with E-state index in [4.69, 9.17) is 19.4 Å². The fourth-order valence-electron chi connectivity index (χ4n) is 7.88. The molecule has 4 heteroatoms. The van der Waals surface area contributed by atoms with Crippen LogP contribution >= 0.6 is 0 Å². The Hall–Kier alpha value is -6.65. The van der Waals surface area contributed by atoms with E-state index in [1.54, 1.807) is 0 Å². The van der Waals surface area contributed by atoms with Gasteiger partial charge in [0.15, 0.2) is 17.5 Å². The molecule has 246 valence electrons. The van der Waals surface area contributed by atoms with Crippen LogP contribution in [0.2, 0.25) is 0 Å². The quantitative estimate of drug-likeness (QED) is 0.183. The van der Waals surface area contributed by atoms with Gasteiger partial charge in [-0.3, -0.25) is 0 Å². The van der Waals surface area contributed by atoms with E-state index in [2.05, 4.69) is 111 Å². The van der Waals surface area contributed by atoms with Crippen molar-refractivity contribution in [3.8, 4) is 67.5 Å². The Bertz CT molecular complexity index is 2760. The van der Waals surface area contributed by atoms with Gasteiger partial charge >= 0.3 is 0 Å². The molecule has 2 aromatic heterocycles. The van der Waals surface area contributed by atoms with Gasteiger partial charge in [-0.1, -0.05) is 147 Å². The summed E-state index contributed by atoms with van der Waals surface area (Å²) in [4.78, 5) is 14.8. The molecule has 52 heavy (non-hydrogen) atoms. The molecule has 0 N–H and O–H groups in total. The molecule has 0 spiro atoms. The molecular formula is C48H33N3O. The van der Waals surface area contributed by atoms with Crippen molar-refractivity contribution in [3.63, 3.8) is 0 Å². The van der Waals surface area contributed by atoms with Crippen molar-refractivity contribution >= 4 is 21.9 Å². The second-order valence-corrected chi connectivity index (χ2v) is 14.0. The van der Waals surface area contributed by atoms with Crippen LogP contribution in [-0.2, 0) is 5.41 Å². The Kier molecular flexibility index (Phi) is 6.80. The van der Waals surface area contributed by atoms with Crippen LogP contribution in [0, 0.1) is 0 Å². The second-order valence-electron chi connectivity index (χ2n) is 14.0. The zero-order chi connectivity index (χ0) is 34.8. The third-order valence-corrected chi connectivity index (χ3v) is 10.5. The summed E-state index contributed by atoms with van der Waals surface area (Å²) >= 11 is 0. The van der Waals surface area contributed by atoms with E-state index in [1.807, 2.05) is 66.7 Å². The lowest BCUT2D eigenvalue weighted by molar-refractivity contribution is 0.657. The number of hydrogen-bond acceptors (Lipinski definition) is 4. The van der Waals surface area contributed by atoms with E-state index in [-0.39, 0.29) is 5.41 Å². The zero-order valence-corrected chi connectivity index (χ0v) is 28.8. The van der Waals surface area contributed by atoms with Crippen LogP contribution in [0.5, 0.6) is 0 Å². The number of benzene rings is 7. The Morgan fingerprint density at radius 2 is 0.923 bits per heavy atom. The average molecular weight is 668 g/mol. The fourth-order valence-corrected chi connectivity index (χ4v) is 7.88. The molecule has 1 aliphatic carbocycles. The van der Waals surface area contributed by atoms with Crippen molar-refractivity contribution in [1.82, 2.24) is 15.0 Å². The van der Waals surface area contributed by atoms with Crippen LogP contribution in [0.3, 0.4) is 0 Å². The van der Waals surface area contributed by atoms with Crippen molar-refractivity contribution < 1.29 is 4.42 Å². The Balaban J connectivity index is 1.04. The molecule has 9 aromatic rings. The first kappa shape index (κ1) is 30.2. The maximum atomic E-state index is 6.29. The van der Waals surface area contributed by atoms with Gasteiger partial charge in [-0.2, -0.15) is 0 Å². The van der Waals surface area contributed by atoms with Crippen LogP contribution in [-0.4, -0.2) is 15.0 Å². The Morgan fingerprint density at radius 3 is 1.58 bits per heavy atom. The molecule has 10 rings (SSSR count). The highest BCUT2D eigenvalue weighted by molar-refractivity contribution is 6.15. The number of para-hydroxylation sites is 1. The lowest BCUT2D eigenvalue weighted by atomic mass is 9.81. The fraction of sp³-hybridized carbons (Fsp3) is 0.0625. The summed E-state index contributed by atoms with van der Waals surface area (Å²) in [6.45, 7) is 4.68. The summed E-state index contributed by atoms with van der Waals surface area (Å²) in [5.41, 5.74) is 14.4. The van der Waals surface area contributed by atoms with Crippen molar-refractivity contribution in [2.24, 2.45) is 0 Å². The number of fused-ring (bicyclic) bond motifs is 7. The maximum Gasteiger partial charge on any atom is 0.164 e. The average Bonchev–Trinajstić information content (AvgIpc) is 3.70. The van der Waals surface area contributed by atoms with Crippen molar-refractivity contribution in [1.29, 1.82) is 0 Å². The minimum absolute atomic E-state index is 0.152. The van der Waals surface area contributed by atoms with Crippen LogP contribution < -0.4 is 0 Å². The summed E-state index contributed by atoms with van der Waals surface area (Å²) in [5, 5.41) is 2.38. The minimum atomic E-state index is -0.152. The highest BCUT2D eigenvalue weighted by atomic mass is 16.3. The Morgan fingerprint density at radius 1 is 0.404 bits per heavy atom. The number of aromatic nitrogens is 3. The van der Waals surface area contributed by atoms with Crippen LogP contribution in [0.25, 0.3) is 89.5 Å². The van der Waals surface area contributed by atoms with Gasteiger partial charge < -0.3 is 4.42 Å². The van der Waals surface area contributed by atoms with Crippen molar-refractivity contribution in [3.05, 3.63) is 175 Å². The molecule has 0 bridgehead atoms. The Labute approximate surface area is 302 Å². The molecule has 0 amide bonds. The normalized spacial score (nSPS) is 13.0. The van der Waals surface area contributed by atoms with E-state index < -0.39 is 0 Å². The van der Waals surface area contributed by atoms with E-state index in [9.17, 15) is 0 Å². The SMILES string of the molecule is CC1(C)c2cc(-c3cccc(-c4cccc(-c5nc(-c6ccccc6)nc(-c6ccccc6)n5)c4)c3)ccc2-c2c1ccc1oc3ccccc3c21. The molecule has 0 saturated heterocycles. The van der Waals surface area contributed by atoms with Gasteiger partial charge in [-0.25, -0.2) is 15.0 Å². The molecule has 2 heterocycles. The molecule has 0 unspecified atom stereocenters. The molecule has 0 radical (unpaired) electrons. The lowest BCUT2D eigenvalue weighted by Gasteiger charge is -2.22. The first-order valence-corrected chi connectivity index (χ1v) is 17.7. The van der Waals surface area contributed by atoms with Gasteiger partial charge in [0.05, 0.1) is 0 Å². The highest BCUT2D eigenvalue weighted by Crippen LogP contribution is 2.53. The molecule has 0 atom stereocenters. The summed E-state index contributed by atoms with van der Waals surface area (Å²) in [6, 6.07) is 57.2. The monoisotopic (exact) mass is 667 g/mol. The maximum absolute atomic E-state index is 6.29. The summed E-state index contributed by atoms with van der Waals surface area (Å²) < 4.78 is 6.29. The van der Waals surface area contributed by atoms with Gasteiger partial charge in [0.25, 0.3) is 0 Å². The van der Waals surface area contributed by atoms with Gasteiger partial charge in [-0.15, -0.1) is 0 Å². The smallest absolute Gasteiger partial charge is 0.164 e. The van der Waals surface area contributed by atoms with E-state index >= 15 is 0 Å². The third kappa shape index (κ3) is 4.87. The zero-order valence-electron chi connectivity index (χ0n) is 28.8. The molecule has 0 fully saturated rings. The van der Waals surface area contributed by atoms with E-state index in [1.165, 1.54) is 44.2 Å². The van der Waals surface area contributed by atoms with E-state index in [0.29, 0.717) is 17.5 Å². The van der Waals surface area contributed by atoms with Gasteiger partial charge in [0.1, 0.15) is 11.2 Å². The number of nitrogens with zero attached hydrogens (tertiary/aromatic N) is 3. The molecular weight excluding hydrogens is 635 g/mol. The minimum Gasteiger partial charge on any atom is -0.456 e. The summed E-state index contributed by atoms with van der Waals surface area (Å²) in [6.07, 6.45) is 0. The third-order valence-electron chi connectivity index (χ3n) is 10.5. The first-order chi connectivity index (χ1) is 25.5. The standard InChI is InChI=1S/C48H33N3O/c1-48(2)39-25-26-42-44(38-21-9-10-22-41(38)52-42)43(39)37-24-23-35(29-40(37)48)33-18-11-17-32(27-33)34-19-12-20-36(28-34)47-50-45(30-13-5-3-6-14-30)49-46(51-47)31-15-7-4-8-16-31/h3-29H,1-2H3. The summed E-state index contributed by atoms with van der Waals surface area (Å²) in [7, 11) is 0. The van der Waals surface area contributed by atoms with Gasteiger partial charge in [-0.05, 0) is 74.8 Å². The predicted molar refractivity (Wildman–Crippen MR) is 212 cm³/mol. The van der Waals surface area contributed by atoms with Crippen LogP contribution in [0.1, 0.15) is 25.0 Å². The van der Waals surface area contributed by atoms with Gasteiger partial charge in [0, 0.05) is 32.9 Å². The second kappa shape index (κ2) is 11.7. The molecule has 0 aliphatic heterocycles. The predicted octanol–water partition coefficient (Wildman–Crippen LogP) is 12.4. The molecule has 4 nitrogen and oxygen atoms in total. The van der Waals surface area contributed by atoms with Crippen molar-refractivity contribution in [2.75, 3.05) is 0 Å². The molecule has 0 saturated carbocycles. The first-order valence-electron chi connectivity index (χ1n) is 17.7. The number of furan rings is 1. The number of hydrogen-bond donors (Lipinski definition) is 0. The van der Waals surface area contributed by atoms with Gasteiger partial charge in [0.2, 0.25) is 0 Å². The van der Waals surface area contributed by atoms with Crippen LogP contribution in [0.15, 0.2) is 168 Å². The topological polar surface area (TPSA) is 51.8 Å². The lowest BCUT2D eigenvalue weighted by Crippen LogP contribution is -2.14. The number of rotatable bonds is 5. The van der Waals surface area contributed by atoms with E-state index in [0.717, 1.165) is 39.0 Å². The largest absolute Gasteiger partial charge is 0.456 e. The van der Waals surface area contributed by atoms with Crippen LogP contribution in [0.4, 0.5) is 0 Å². The van der Waals surface area contributed by atoms with Crippen molar-refractivity contribution in [2.45, 2.75) is 19.3 Å². The summed E-state index contributed by atoms with van der Waals surface area (Å²) in [5.74, 6) is 1.95. The highest BCUT2D eigenvalue weighted by Gasteiger charge is 2.37. The molecule has 1 aliphatic rings.